The van der Waals surface area contributed by atoms with E-state index in [2.05, 4.69) is 22.0 Å². The average molecular weight is 283 g/mol. The summed E-state index contributed by atoms with van der Waals surface area (Å²) < 4.78 is 0. The number of pyridine rings is 1. The topological polar surface area (TPSA) is 56.4 Å². The van der Waals surface area contributed by atoms with Crippen molar-refractivity contribution in [3.8, 4) is 0 Å². The van der Waals surface area contributed by atoms with Crippen LogP contribution in [0.1, 0.15) is 10.5 Å². The van der Waals surface area contributed by atoms with Gasteiger partial charge in [0.05, 0.1) is 0 Å². The zero-order valence-electron chi connectivity index (χ0n) is 11.7. The van der Waals surface area contributed by atoms with Crippen LogP contribution in [0.2, 0.25) is 0 Å². The molecule has 0 bridgehead atoms. The number of amides is 1. The van der Waals surface area contributed by atoms with Crippen molar-refractivity contribution in [2.75, 3.05) is 31.1 Å². The first-order chi connectivity index (χ1) is 10.2. The highest BCUT2D eigenvalue weighted by Gasteiger charge is 2.22. The van der Waals surface area contributed by atoms with Gasteiger partial charge < -0.3 is 14.8 Å². The lowest BCUT2D eigenvalue weighted by Gasteiger charge is -2.36. The highest BCUT2D eigenvalue weighted by Crippen LogP contribution is 2.16. The number of anilines is 1. The third-order valence-corrected chi connectivity index (χ3v) is 3.69. The Kier molecular flexibility index (Phi) is 3.73. The lowest BCUT2D eigenvalue weighted by molar-refractivity contribution is 0.0740. The van der Waals surface area contributed by atoms with Crippen molar-refractivity contribution < 1.29 is 4.79 Å². The molecule has 1 N–H and O–H groups in total. The van der Waals surface area contributed by atoms with E-state index in [0.29, 0.717) is 18.8 Å². The largest absolute Gasteiger partial charge is 0.368 e. The van der Waals surface area contributed by atoms with Crippen molar-refractivity contribution in [2.24, 2.45) is 0 Å². The molecule has 0 spiro atoms. The Hall–Kier alpha value is -2.56. The zero-order valence-corrected chi connectivity index (χ0v) is 11.7. The Morgan fingerprint density at radius 1 is 0.905 bits per heavy atom. The van der Waals surface area contributed by atoms with Gasteiger partial charge in [-0.05, 0) is 18.2 Å². The minimum atomic E-state index is -0.247. The lowest BCUT2D eigenvalue weighted by atomic mass is 10.2. The molecule has 1 fully saturated rings. The second kappa shape index (κ2) is 5.83. The van der Waals surface area contributed by atoms with Crippen LogP contribution in [0.3, 0.4) is 0 Å². The van der Waals surface area contributed by atoms with E-state index in [0.717, 1.165) is 13.1 Å². The van der Waals surface area contributed by atoms with Crippen molar-refractivity contribution in [3.63, 3.8) is 0 Å². The van der Waals surface area contributed by atoms with Crippen molar-refractivity contribution in [1.29, 1.82) is 0 Å². The predicted molar refractivity (Wildman–Crippen MR) is 81.6 cm³/mol. The van der Waals surface area contributed by atoms with E-state index in [1.165, 1.54) is 11.8 Å². The molecule has 2 heterocycles. The number of piperazine rings is 1. The number of aromatic amines is 1. The summed E-state index contributed by atoms with van der Waals surface area (Å²) in [5.41, 5.74) is 1.29. The molecule has 5 heteroatoms. The fourth-order valence-corrected chi connectivity index (χ4v) is 2.55. The molecule has 1 aromatic carbocycles. The van der Waals surface area contributed by atoms with Gasteiger partial charge >= 0.3 is 0 Å². The van der Waals surface area contributed by atoms with Crippen LogP contribution in [0, 0.1) is 0 Å². The number of H-pyrrole nitrogens is 1. The molecule has 2 aromatic rings. The molecule has 0 saturated carbocycles. The number of benzene rings is 1. The lowest BCUT2D eigenvalue weighted by Crippen LogP contribution is -2.49. The van der Waals surface area contributed by atoms with Gasteiger partial charge in [0, 0.05) is 37.9 Å². The van der Waals surface area contributed by atoms with Gasteiger partial charge in [0.25, 0.3) is 5.91 Å². The summed E-state index contributed by atoms with van der Waals surface area (Å²) in [5, 5.41) is 0. The summed E-state index contributed by atoms with van der Waals surface area (Å²) >= 11 is 0. The van der Waals surface area contributed by atoms with Gasteiger partial charge in [-0.15, -0.1) is 0 Å². The Morgan fingerprint density at radius 2 is 1.62 bits per heavy atom. The van der Waals surface area contributed by atoms with E-state index >= 15 is 0 Å². The summed E-state index contributed by atoms with van der Waals surface area (Å²) in [4.78, 5) is 30.2. The summed E-state index contributed by atoms with van der Waals surface area (Å²) in [6.07, 6.45) is 0. The predicted octanol–water partition coefficient (Wildman–Crippen LogP) is 1.34. The highest BCUT2D eigenvalue weighted by atomic mass is 16.2. The molecule has 1 aromatic heterocycles. The van der Waals surface area contributed by atoms with Crippen molar-refractivity contribution in [3.05, 3.63) is 64.6 Å². The van der Waals surface area contributed by atoms with Crippen LogP contribution in [-0.4, -0.2) is 42.0 Å². The molecule has 1 aliphatic heterocycles. The van der Waals surface area contributed by atoms with Gasteiger partial charge in [0.15, 0.2) is 0 Å². The number of carbonyl (C=O) groups excluding carboxylic acids is 1. The van der Waals surface area contributed by atoms with Gasteiger partial charge in [0.2, 0.25) is 5.56 Å². The van der Waals surface area contributed by atoms with E-state index in [1.54, 1.807) is 17.0 Å². The number of rotatable bonds is 2. The fourth-order valence-electron chi connectivity index (χ4n) is 2.55. The van der Waals surface area contributed by atoms with Crippen LogP contribution >= 0.6 is 0 Å². The molecule has 5 nitrogen and oxygen atoms in total. The quantitative estimate of drug-likeness (QED) is 0.905. The van der Waals surface area contributed by atoms with Crippen LogP contribution in [-0.2, 0) is 0 Å². The minimum absolute atomic E-state index is 0.111. The first-order valence-corrected chi connectivity index (χ1v) is 7.03. The van der Waals surface area contributed by atoms with Crippen LogP contribution in [0.5, 0.6) is 0 Å². The van der Waals surface area contributed by atoms with Crippen LogP contribution < -0.4 is 10.5 Å². The highest BCUT2D eigenvalue weighted by molar-refractivity contribution is 5.92. The van der Waals surface area contributed by atoms with Gasteiger partial charge in [-0.3, -0.25) is 9.59 Å². The maximum Gasteiger partial charge on any atom is 0.270 e. The minimum Gasteiger partial charge on any atom is -0.368 e. The first kappa shape index (κ1) is 13.4. The standard InChI is InChI=1S/C16H17N3O2/c20-15-8-4-7-14(17-15)16(21)19-11-9-18(10-12-19)13-5-2-1-3-6-13/h1-8H,9-12H2,(H,17,20). The number of hydrogen-bond donors (Lipinski definition) is 1. The zero-order chi connectivity index (χ0) is 14.7. The maximum absolute atomic E-state index is 12.3. The van der Waals surface area contributed by atoms with Gasteiger partial charge in [-0.1, -0.05) is 24.3 Å². The van der Waals surface area contributed by atoms with E-state index in [9.17, 15) is 9.59 Å². The van der Waals surface area contributed by atoms with Gasteiger partial charge in [0.1, 0.15) is 5.69 Å². The molecule has 21 heavy (non-hydrogen) atoms. The molecular formula is C16H17N3O2. The van der Waals surface area contributed by atoms with Crippen molar-refractivity contribution in [1.82, 2.24) is 9.88 Å². The smallest absolute Gasteiger partial charge is 0.270 e. The first-order valence-electron chi connectivity index (χ1n) is 7.03. The summed E-state index contributed by atoms with van der Waals surface area (Å²) in [5.74, 6) is -0.111. The van der Waals surface area contributed by atoms with Crippen LogP contribution in [0.15, 0.2) is 53.3 Å². The molecule has 0 aliphatic carbocycles. The van der Waals surface area contributed by atoms with Crippen molar-refractivity contribution >= 4 is 11.6 Å². The number of carbonyl (C=O) groups is 1. The normalized spacial score (nSPS) is 15.0. The molecule has 1 amide bonds. The molecule has 1 saturated heterocycles. The third-order valence-electron chi connectivity index (χ3n) is 3.69. The molecule has 0 atom stereocenters. The number of hydrogen-bond acceptors (Lipinski definition) is 3. The monoisotopic (exact) mass is 283 g/mol. The number of para-hydroxylation sites is 1. The molecule has 1 aliphatic rings. The Labute approximate surface area is 122 Å². The van der Waals surface area contributed by atoms with Gasteiger partial charge in [-0.2, -0.15) is 0 Å². The summed E-state index contributed by atoms with van der Waals surface area (Å²) in [6, 6.07) is 14.8. The second-order valence-corrected chi connectivity index (χ2v) is 5.04. The van der Waals surface area contributed by atoms with Gasteiger partial charge in [-0.25, -0.2) is 0 Å². The van der Waals surface area contributed by atoms with Crippen molar-refractivity contribution in [2.45, 2.75) is 0 Å². The fraction of sp³-hybridized carbons (Fsp3) is 0.250. The van der Waals surface area contributed by atoms with E-state index < -0.39 is 0 Å². The van der Waals surface area contributed by atoms with Crippen LogP contribution in [0.4, 0.5) is 5.69 Å². The molecule has 0 radical (unpaired) electrons. The Morgan fingerprint density at radius 3 is 2.29 bits per heavy atom. The third kappa shape index (κ3) is 2.97. The van der Waals surface area contributed by atoms with Crippen LogP contribution in [0.25, 0.3) is 0 Å². The average Bonchev–Trinajstić information content (AvgIpc) is 2.55. The maximum atomic E-state index is 12.3. The summed E-state index contributed by atoms with van der Waals surface area (Å²) in [7, 11) is 0. The Balaban J connectivity index is 1.66. The van der Waals surface area contributed by atoms with E-state index in [-0.39, 0.29) is 11.5 Å². The molecule has 3 rings (SSSR count). The molecule has 108 valence electrons. The Bertz CT molecular complexity index is 673. The second-order valence-electron chi connectivity index (χ2n) is 5.04. The number of nitrogens with one attached hydrogen (secondary N) is 1. The SMILES string of the molecule is O=C(c1cccc(=O)[nH]1)N1CCN(c2ccccc2)CC1. The van der Waals surface area contributed by atoms with E-state index in [4.69, 9.17) is 0 Å². The van der Waals surface area contributed by atoms with E-state index in [1.807, 2.05) is 18.2 Å². The molecule has 0 unspecified atom stereocenters. The summed E-state index contributed by atoms with van der Waals surface area (Å²) in [6.45, 7) is 2.91. The number of aromatic nitrogens is 1. The number of nitrogens with zero attached hydrogens (tertiary/aromatic N) is 2. The molecular weight excluding hydrogens is 266 g/mol.